The molecule has 2 aromatic rings. The van der Waals surface area contributed by atoms with Crippen LogP contribution < -0.4 is 0 Å². The fourth-order valence-electron chi connectivity index (χ4n) is 1.51. The normalized spacial score (nSPS) is 10.5. The van der Waals surface area contributed by atoms with E-state index >= 15 is 0 Å². The first-order valence-electron chi connectivity index (χ1n) is 4.92. The second-order valence-corrected chi connectivity index (χ2v) is 4.40. The van der Waals surface area contributed by atoms with Crippen LogP contribution in [-0.4, -0.2) is 25.8 Å². The van der Waals surface area contributed by atoms with E-state index < -0.39 is 5.97 Å². The van der Waals surface area contributed by atoms with Crippen molar-refractivity contribution in [3.8, 4) is 5.82 Å². The van der Waals surface area contributed by atoms with Gasteiger partial charge in [-0.25, -0.2) is 14.5 Å². The van der Waals surface area contributed by atoms with E-state index in [1.807, 2.05) is 13.8 Å². The molecule has 0 aliphatic carbocycles. The second-order valence-electron chi connectivity index (χ2n) is 3.60. The van der Waals surface area contributed by atoms with Crippen LogP contribution in [0, 0.1) is 13.8 Å². The highest BCUT2D eigenvalue weighted by Gasteiger charge is 2.12. The van der Waals surface area contributed by atoms with E-state index in [1.165, 1.54) is 18.3 Å². The van der Waals surface area contributed by atoms with E-state index in [4.69, 9.17) is 5.11 Å². The smallest absolute Gasteiger partial charge is 0.335 e. The van der Waals surface area contributed by atoms with Gasteiger partial charge in [-0.05, 0) is 41.9 Å². The summed E-state index contributed by atoms with van der Waals surface area (Å²) in [6.07, 6.45) is 1.46. The molecule has 5 nitrogen and oxygen atoms in total. The Hall–Kier alpha value is -1.69. The third kappa shape index (κ3) is 2.08. The molecular weight excluding hydrogens is 286 g/mol. The fraction of sp³-hybridized carbons (Fsp3) is 0.182. The van der Waals surface area contributed by atoms with E-state index in [1.54, 1.807) is 4.68 Å². The van der Waals surface area contributed by atoms with Crippen molar-refractivity contribution in [2.24, 2.45) is 0 Å². The van der Waals surface area contributed by atoms with E-state index in [0.29, 0.717) is 5.82 Å². The lowest BCUT2D eigenvalue weighted by Crippen LogP contribution is -2.05. The highest BCUT2D eigenvalue weighted by Crippen LogP contribution is 2.22. The number of carbonyl (C=O) groups is 1. The number of carboxylic acid groups (broad SMARTS) is 1. The monoisotopic (exact) mass is 295 g/mol. The largest absolute Gasteiger partial charge is 0.478 e. The van der Waals surface area contributed by atoms with Gasteiger partial charge in [0, 0.05) is 6.20 Å². The van der Waals surface area contributed by atoms with Crippen LogP contribution >= 0.6 is 15.9 Å². The Morgan fingerprint density at radius 2 is 2.18 bits per heavy atom. The number of aromatic carboxylic acids is 1. The molecule has 0 unspecified atom stereocenters. The van der Waals surface area contributed by atoms with Crippen LogP contribution in [0.5, 0.6) is 0 Å². The minimum atomic E-state index is -0.978. The fourth-order valence-corrected chi connectivity index (χ4v) is 1.76. The molecule has 0 fully saturated rings. The summed E-state index contributed by atoms with van der Waals surface area (Å²) in [5.74, 6) is -0.481. The number of aryl methyl sites for hydroxylation is 1. The SMILES string of the molecule is Cc1nn(-c2cc(C(=O)O)ccn2)c(C)c1Br. The lowest BCUT2D eigenvalue weighted by Gasteiger charge is -2.03. The standard InChI is InChI=1S/C11H10BrN3O2/c1-6-10(12)7(2)15(14-6)9-5-8(11(16)17)3-4-13-9/h3-5H,1-2H3,(H,16,17). The summed E-state index contributed by atoms with van der Waals surface area (Å²) < 4.78 is 2.52. The third-order valence-electron chi connectivity index (χ3n) is 2.41. The van der Waals surface area contributed by atoms with E-state index in [-0.39, 0.29) is 5.56 Å². The summed E-state index contributed by atoms with van der Waals surface area (Å²) in [4.78, 5) is 15.0. The van der Waals surface area contributed by atoms with Crippen molar-refractivity contribution in [2.45, 2.75) is 13.8 Å². The van der Waals surface area contributed by atoms with Crippen LogP contribution in [0.3, 0.4) is 0 Å². The van der Waals surface area contributed by atoms with Gasteiger partial charge in [0.15, 0.2) is 5.82 Å². The molecule has 2 heterocycles. The zero-order valence-corrected chi connectivity index (χ0v) is 10.9. The molecule has 6 heteroatoms. The first kappa shape index (κ1) is 11.8. The Kier molecular flexibility index (Phi) is 2.97. The van der Waals surface area contributed by atoms with Crippen molar-refractivity contribution in [3.63, 3.8) is 0 Å². The number of aromatic nitrogens is 3. The predicted molar refractivity (Wildman–Crippen MR) is 65.5 cm³/mol. The van der Waals surface area contributed by atoms with Crippen molar-refractivity contribution in [2.75, 3.05) is 0 Å². The van der Waals surface area contributed by atoms with Gasteiger partial charge in [-0.2, -0.15) is 5.10 Å². The molecule has 0 atom stereocenters. The maximum absolute atomic E-state index is 10.9. The van der Waals surface area contributed by atoms with Gasteiger partial charge in [0.25, 0.3) is 0 Å². The summed E-state index contributed by atoms with van der Waals surface area (Å²) in [6, 6.07) is 2.95. The zero-order chi connectivity index (χ0) is 12.6. The van der Waals surface area contributed by atoms with Gasteiger partial charge < -0.3 is 5.11 Å². The first-order valence-corrected chi connectivity index (χ1v) is 5.71. The average molecular weight is 296 g/mol. The first-order chi connectivity index (χ1) is 8.00. The molecule has 0 aliphatic rings. The average Bonchev–Trinajstić information content (AvgIpc) is 2.57. The van der Waals surface area contributed by atoms with Gasteiger partial charge in [-0.3, -0.25) is 0 Å². The van der Waals surface area contributed by atoms with Crippen molar-refractivity contribution >= 4 is 21.9 Å². The van der Waals surface area contributed by atoms with Crippen molar-refractivity contribution in [1.82, 2.24) is 14.8 Å². The number of hydrogen-bond donors (Lipinski definition) is 1. The lowest BCUT2D eigenvalue weighted by molar-refractivity contribution is 0.0696. The molecule has 1 N–H and O–H groups in total. The molecule has 0 bridgehead atoms. The number of carboxylic acids is 1. The summed E-state index contributed by atoms with van der Waals surface area (Å²) >= 11 is 3.42. The molecular formula is C11H10BrN3O2. The zero-order valence-electron chi connectivity index (χ0n) is 9.31. The number of halogens is 1. The lowest BCUT2D eigenvalue weighted by atomic mass is 10.2. The molecule has 88 valence electrons. The highest BCUT2D eigenvalue weighted by molar-refractivity contribution is 9.10. The van der Waals surface area contributed by atoms with Gasteiger partial charge in [-0.1, -0.05) is 0 Å². The quantitative estimate of drug-likeness (QED) is 0.923. The Labute approximate surface area is 106 Å². The van der Waals surface area contributed by atoms with Crippen molar-refractivity contribution in [1.29, 1.82) is 0 Å². The predicted octanol–water partition coefficient (Wildman–Crippen LogP) is 2.34. The van der Waals surface area contributed by atoms with Gasteiger partial charge in [-0.15, -0.1) is 0 Å². The molecule has 2 aromatic heterocycles. The van der Waals surface area contributed by atoms with Gasteiger partial charge in [0.2, 0.25) is 0 Å². The Bertz CT molecular complexity index is 592. The summed E-state index contributed by atoms with van der Waals surface area (Å²) in [6.45, 7) is 3.76. The van der Waals surface area contributed by atoms with Crippen LogP contribution in [0.25, 0.3) is 5.82 Å². The van der Waals surface area contributed by atoms with Gasteiger partial charge >= 0.3 is 5.97 Å². The number of rotatable bonds is 2. The molecule has 0 saturated carbocycles. The minimum Gasteiger partial charge on any atom is -0.478 e. The van der Waals surface area contributed by atoms with Crippen LogP contribution in [0.4, 0.5) is 0 Å². The highest BCUT2D eigenvalue weighted by atomic mass is 79.9. The van der Waals surface area contributed by atoms with Gasteiger partial charge in [0.1, 0.15) is 0 Å². The van der Waals surface area contributed by atoms with Crippen molar-refractivity contribution in [3.05, 3.63) is 39.8 Å². The van der Waals surface area contributed by atoms with E-state index in [9.17, 15) is 4.79 Å². The van der Waals surface area contributed by atoms with Crippen LogP contribution in [-0.2, 0) is 0 Å². The summed E-state index contributed by atoms with van der Waals surface area (Å²) in [5.41, 5.74) is 1.92. The van der Waals surface area contributed by atoms with Crippen molar-refractivity contribution < 1.29 is 9.90 Å². The van der Waals surface area contributed by atoms with Crippen LogP contribution in [0.2, 0.25) is 0 Å². The topological polar surface area (TPSA) is 68.0 Å². The molecule has 0 amide bonds. The summed E-state index contributed by atoms with van der Waals surface area (Å²) in [7, 11) is 0. The Balaban J connectivity index is 2.56. The maximum atomic E-state index is 10.9. The third-order valence-corrected chi connectivity index (χ3v) is 3.56. The molecule has 0 aliphatic heterocycles. The number of nitrogens with zero attached hydrogens (tertiary/aromatic N) is 3. The minimum absolute atomic E-state index is 0.193. The second kappa shape index (κ2) is 4.29. The number of pyridine rings is 1. The molecule has 0 spiro atoms. The molecule has 0 aromatic carbocycles. The maximum Gasteiger partial charge on any atom is 0.335 e. The molecule has 17 heavy (non-hydrogen) atoms. The van der Waals surface area contributed by atoms with Crippen LogP contribution in [0.1, 0.15) is 21.7 Å². The molecule has 0 saturated heterocycles. The van der Waals surface area contributed by atoms with E-state index in [0.717, 1.165) is 15.9 Å². The van der Waals surface area contributed by atoms with Gasteiger partial charge in [0.05, 0.1) is 21.4 Å². The number of hydrogen-bond acceptors (Lipinski definition) is 3. The van der Waals surface area contributed by atoms with E-state index in [2.05, 4.69) is 26.0 Å². The summed E-state index contributed by atoms with van der Waals surface area (Å²) in [5, 5.41) is 13.2. The Morgan fingerprint density at radius 3 is 2.71 bits per heavy atom. The Morgan fingerprint density at radius 1 is 1.47 bits per heavy atom. The van der Waals surface area contributed by atoms with Crippen LogP contribution in [0.15, 0.2) is 22.8 Å². The molecule has 2 rings (SSSR count). The molecule has 0 radical (unpaired) electrons.